The number of imidazole rings is 1. The van der Waals surface area contributed by atoms with Gasteiger partial charge >= 0.3 is 5.82 Å². The molecule has 0 amide bonds. The third-order valence-corrected chi connectivity index (χ3v) is 2.42. The lowest BCUT2D eigenvalue weighted by molar-refractivity contribution is -0.388. The van der Waals surface area contributed by atoms with Crippen LogP contribution in [0.1, 0.15) is 6.92 Å². The van der Waals surface area contributed by atoms with Crippen LogP contribution in [-0.2, 0) is 7.05 Å². The number of aromatic nitrogens is 2. The largest absolute Gasteiger partial charge is 0.406 e. The summed E-state index contributed by atoms with van der Waals surface area (Å²) in [7, 11) is 1.70. The third-order valence-electron chi connectivity index (χ3n) is 2.42. The quantitative estimate of drug-likeness (QED) is 0.546. The van der Waals surface area contributed by atoms with Crippen LogP contribution in [0.25, 0.3) is 0 Å². The van der Waals surface area contributed by atoms with Gasteiger partial charge in [-0.1, -0.05) is 0 Å². The highest BCUT2D eigenvalue weighted by Gasteiger charge is 2.41. The molecule has 1 fully saturated rings. The summed E-state index contributed by atoms with van der Waals surface area (Å²) in [5.41, 5.74) is -0.752. The summed E-state index contributed by atoms with van der Waals surface area (Å²) < 4.78 is 1.59. The molecule has 0 aliphatic carbocycles. The van der Waals surface area contributed by atoms with Gasteiger partial charge in [0.25, 0.3) is 0 Å². The molecule has 15 heavy (non-hydrogen) atoms. The molecule has 0 unspecified atom stereocenters. The zero-order valence-electron chi connectivity index (χ0n) is 8.54. The number of rotatable bonds is 2. The molecule has 1 aromatic rings. The first kappa shape index (κ1) is 9.91. The number of nitrogens with zero attached hydrogens (tertiary/aromatic N) is 4. The van der Waals surface area contributed by atoms with Crippen LogP contribution in [0, 0.1) is 10.1 Å². The predicted octanol–water partition coefficient (Wildman–Crippen LogP) is -0.101. The minimum absolute atomic E-state index is 0.159. The first-order valence-corrected chi connectivity index (χ1v) is 4.54. The van der Waals surface area contributed by atoms with Gasteiger partial charge in [0.15, 0.2) is 0 Å². The zero-order chi connectivity index (χ0) is 11.2. The Kier molecular flexibility index (Phi) is 1.93. The van der Waals surface area contributed by atoms with E-state index in [2.05, 4.69) is 4.98 Å². The Bertz CT molecular complexity index is 404. The molecular weight excluding hydrogens is 200 g/mol. The summed E-state index contributed by atoms with van der Waals surface area (Å²) in [4.78, 5) is 15.6. The highest BCUT2D eigenvalue weighted by atomic mass is 16.6. The number of aryl methyl sites for hydroxylation is 1. The van der Waals surface area contributed by atoms with Crippen molar-refractivity contribution < 1.29 is 10.0 Å². The number of hydrogen-bond donors (Lipinski definition) is 1. The topological polar surface area (TPSA) is 84.4 Å². The van der Waals surface area contributed by atoms with E-state index in [1.54, 1.807) is 23.4 Å². The lowest BCUT2D eigenvalue weighted by Gasteiger charge is -2.44. The molecule has 2 heterocycles. The monoisotopic (exact) mass is 212 g/mol. The molecule has 0 spiro atoms. The molecule has 1 N–H and O–H groups in total. The first-order chi connectivity index (χ1) is 6.91. The maximum Gasteiger partial charge on any atom is 0.406 e. The van der Waals surface area contributed by atoms with Gasteiger partial charge in [0.2, 0.25) is 12.1 Å². The Morgan fingerprint density at radius 3 is 2.73 bits per heavy atom. The Balaban J connectivity index is 2.29. The Labute approximate surface area is 86.1 Å². The predicted molar refractivity (Wildman–Crippen MR) is 52.7 cm³/mol. The Morgan fingerprint density at radius 1 is 1.67 bits per heavy atom. The van der Waals surface area contributed by atoms with E-state index in [0.717, 1.165) is 0 Å². The molecule has 0 bridgehead atoms. The number of nitro groups is 1. The van der Waals surface area contributed by atoms with Gasteiger partial charge in [-0.25, -0.2) is 0 Å². The zero-order valence-corrected chi connectivity index (χ0v) is 8.54. The molecule has 7 heteroatoms. The minimum Gasteiger partial charge on any atom is -0.386 e. The van der Waals surface area contributed by atoms with Crippen molar-refractivity contribution in [3.8, 4) is 0 Å². The van der Waals surface area contributed by atoms with Crippen molar-refractivity contribution in [3.63, 3.8) is 0 Å². The van der Waals surface area contributed by atoms with Crippen LogP contribution in [0.5, 0.6) is 0 Å². The van der Waals surface area contributed by atoms with Crippen molar-refractivity contribution in [3.05, 3.63) is 16.4 Å². The summed E-state index contributed by atoms with van der Waals surface area (Å²) in [5.74, 6) is 0.291. The van der Waals surface area contributed by atoms with Gasteiger partial charge < -0.3 is 20.1 Å². The van der Waals surface area contributed by atoms with Crippen molar-refractivity contribution in [2.24, 2.45) is 7.05 Å². The van der Waals surface area contributed by atoms with Gasteiger partial charge in [0.1, 0.15) is 0 Å². The van der Waals surface area contributed by atoms with E-state index in [0.29, 0.717) is 18.9 Å². The van der Waals surface area contributed by atoms with Gasteiger partial charge in [-0.05, 0) is 16.8 Å². The summed E-state index contributed by atoms with van der Waals surface area (Å²) >= 11 is 0. The van der Waals surface area contributed by atoms with Crippen LogP contribution in [0.2, 0.25) is 0 Å². The van der Waals surface area contributed by atoms with E-state index in [1.165, 1.54) is 6.33 Å². The first-order valence-electron chi connectivity index (χ1n) is 4.54. The second-order valence-corrected chi connectivity index (χ2v) is 4.11. The molecule has 1 aliphatic rings. The van der Waals surface area contributed by atoms with Crippen molar-refractivity contribution in [2.45, 2.75) is 12.5 Å². The van der Waals surface area contributed by atoms with Crippen LogP contribution in [0.4, 0.5) is 11.6 Å². The maximum absolute atomic E-state index is 10.7. The third kappa shape index (κ3) is 1.54. The standard InChI is InChI=1S/C8H12N4O3/c1-8(13)3-11(4-8)7-6(12(14)15)9-5-10(7)2/h5,13H,3-4H2,1-2H3. The highest BCUT2D eigenvalue weighted by Crippen LogP contribution is 2.32. The second-order valence-electron chi connectivity index (χ2n) is 4.11. The van der Waals surface area contributed by atoms with Crippen LogP contribution in [0.15, 0.2) is 6.33 Å². The van der Waals surface area contributed by atoms with Gasteiger partial charge in [-0.15, -0.1) is 0 Å². The Hall–Kier alpha value is -1.63. The fourth-order valence-electron chi connectivity index (χ4n) is 1.83. The lowest BCUT2D eigenvalue weighted by atomic mass is 9.97. The van der Waals surface area contributed by atoms with Crippen LogP contribution in [-0.4, -0.2) is 38.3 Å². The molecule has 1 aliphatic heterocycles. The maximum atomic E-state index is 10.7. The second kappa shape index (κ2) is 2.93. The molecular formula is C8H12N4O3. The van der Waals surface area contributed by atoms with Gasteiger partial charge in [-0.3, -0.25) is 4.57 Å². The van der Waals surface area contributed by atoms with Crippen molar-refractivity contribution >= 4 is 11.6 Å². The smallest absolute Gasteiger partial charge is 0.386 e. The number of hydrogen-bond acceptors (Lipinski definition) is 5. The number of aliphatic hydroxyl groups is 1. The molecule has 7 nitrogen and oxygen atoms in total. The normalized spacial score (nSPS) is 18.7. The summed E-state index contributed by atoms with van der Waals surface area (Å²) in [5, 5.41) is 20.2. The Morgan fingerprint density at radius 2 is 2.27 bits per heavy atom. The molecule has 0 radical (unpaired) electrons. The molecule has 0 atom stereocenters. The fourth-order valence-corrected chi connectivity index (χ4v) is 1.83. The molecule has 82 valence electrons. The average molecular weight is 212 g/mol. The molecule has 1 aromatic heterocycles. The van der Waals surface area contributed by atoms with E-state index >= 15 is 0 Å². The van der Waals surface area contributed by atoms with Gasteiger partial charge in [-0.2, -0.15) is 0 Å². The van der Waals surface area contributed by atoms with Crippen LogP contribution < -0.4 is 4.90 Å². The summed E-state index contributed by atoms with van der Waals surface area (Å²) in [6, 6.07) is 0. The summed E-state index contributed by atoms with van der Waals surface area (Å²) in [6.45, 7) is 2.49. The van der Waals surface area contributed by atoms with Crippen molar-refractivity contribution in [1.82, 2.24) is 9.55 Å². The van der Waals surface area contributed by atoms with E-state index in [1.807, 2.05) is 0 Å². The van der Waals surface area contributed by atoms with E-state index in [4.69, 9.17) is 0 Å². The highest BCUT2D eigenvalue weighted by molar-refractivity contribution is 5.57. The van der Waals surface area contributed by atoms with E-state index < -0.39 is 10.5 Å². The summed E-state index contributed by atoms with van der Waals surface area (Å²) in [6.07, 6.45) is 1.40. The van der Waals surface area contributed by atoms with Gasteiger partial charge in [0, 0.05) is 20.1 Å². The number of anilines is 1. The SMILES string of the molecule is Cn1cnc([N+](=O)[O-])c1N1CC(C)(O)C1. The molecule has 1 saturated heterocycles. The fraction of sp³-hybridized carbons (Fsp3) is 0.625. The van der Waals surface area contributed by atoms with E-state index in [-0.39, 0.29) is 5.82 Å². The van der Waals surface area contributed by atoms with E-state index in [9.17, 15) is 15.2 Å². The van der Waals surface area contributed by atoms with Gasteiger partial charge in [0.05, 0.1) is 5.60 Å². The molecule has 0 aromatic carbocycles. The van der Waals surface area contributed by atoms with Crippen LogP contribution >= 0.6 is 0 Å². The molecule has 0 saturated carbocycles. The lowest BCUT2D eigenvalue weighted by Crippen LogP contribution is -2.60. The number of β-amino-alcohol motifs (C(OH)–C–C–N with tert-alkyl or cyclic N) is 1. The molecule has 2 rings (SSSR count). The average Bonchev–Trinajstić information content (AvgIpc) is 2.42. The van der Waals surface area contributed by atoms with Crippen LogP contribution in [0.3, 0.4) is 0 Å². The minimum atomic E-state index is -0.752. The van der Waals surface area contributed by atoms with Crippen molar-refractivity contribution in [2.75, 3.05) is 18.0 Å². The van der Waals surface area contributed by atoms with Crippen molar-refractivity contribution in [1.29, 1.82) is 0 Å².